The van der Waals surface area contributed by atoms with Crippen LogP contribution in [-0.4, -0.2) is 29.2 Å². The summed E-state index contributed by atoms with van der Waals surface area (Å²) in [4.78, 5) is 11.8. The molecule has 1 heterocycles. The van der Waals surface area contributed by atoms with Crippen molar-refractivity contribution in [2.75, 3.05) is 18.4 Å². The Hall–Kier alpha value is -3.22. The van der Waals surface area contributed by atoms with Crippen LogP contribution in [0, 0.1) is 5.82 Å². The van der Waals surface area contributed by atoms with Crippen LogP contribution in [-0.2, 0) is 11.2 Å². The molecule has 0 aliphatic rings. The number of nitrogens with zero attached hydrogens (tertiary/aromatic N) is 2. The van der Waals surface area contributed by atoms with Crippen molar-refractivity contribution in [3.63, 3.8) is 0 Å². The molecular formula is C18H17FN4O2. The van der Waals surface area contributed by atoms with Gasteiger partial charge in [-0.05, 0) is 30.3 Å². The van der Waals surface area contributed by atoms with Gasteiger partial charge in [-0.3, -0.25) is 4.79 Å². The van der Waals surface area contributed by atoms with Gasteiger partial charge in [-0.1, -0.05) is 24.3 Å². The van der Waals surface area contributed by atoms with Gasteiger partial charge in [0.2, 0.25) is 17.7 Å². The number of carbonyl (C=O) groups excluding carboxylic acids is 1. The van der Waals surface area contributed by atoms with Crippen molar-refractivity contribution in [3.05, 3.63) is 66.3 Å². The molecule has 0 fully saturated rings. The van der Waals surface area contributed by atoms with E-state index in [4.69, 9.17) is 4.42 Å². The lowest BCUT2D eigenvalue weighted by Crippen LogP contribution is -2.31. The minimum atomic E-state index is -0.351. The van der Waals surface area contributed by atoms with Crippen LogP contribution < -0.4 is 10.6 Å². The summed E-state index contributed by atoms with van der Waals surface area (Å²) in [5.74, 6) is 0.357. The van der Waals surface area contributed by atoms with Crippen LogP contribution in [0.5, 0.6) is 0 Å². The predicted octanol–water partition coefficient (Wildman–Crippen LogP) is 2.65. The quantitative estimate of drug-likeness (QED) is 0.691. The summed E-state index contributed by atoms with van der Waals surface area (Å²) >= 11 is 0. The van der Waals surface area contributed by atoms with Crippen molar-refractivity contribution in [1.82, 2.24) is 15.5 Å². The zero-order chi connectivity index (χ0) is 17.5. The fraction of sp³-hybridized carbons (Fsp3) is 0.167. The Morgan fingerprint density at radius 3 is 2.72 bits per heavy atom. The highest BCUT2D eigenvalue weighted by Crippen LogP contribution is 2.16. The smallest absolute Gasteiger partial charge is 0.247 e. The molecule has 1 amide bonds. The van der Waals surface area contributed by atoms with E-state index in [1.165, 1.54) is 12.1 Å². The molecule has 0 unspecified atom stereocenters. The molecule has 7 heteroatoms. The fourth-order valence-corrected chi connectivity index (χ4v) is 2.20. The molecule has 0 spiro atoms. The van der Waals surface area contributed by atoms with Gasteiger partial charge >= 0.3 is 0 Å². The molecule has 6 nitrogen and oxygen atoms in total. The van der Waals surface area contributed by atoms with Gasteiger partial charge in [0.25, 0.3) is 0 Å². The Bertz CT molecular complexity index is 836. The van der Waals surface area contributed by atoms with Crippen molar-refractivity contribution in [3.8, 4) is 11.5 Å². The number of hydrogen-bond acceptors (Lipinski definition) is 5. The van der Waals surface area contributed by atoms with Gasteiger partial charge in [-0.25, -0.2) is 4.39 Å². The number of nitrogens with one attached hydrogen (secondary N) is 2. The van der Waals surface area contributed by atoms with E-state index >= 15 is 0 Å². The van der Waals surface area contributed by atoms with Gasteiger partial charge in [0, 0.05) is 24.2 Å². The van der Waals surface area contributed by atoms with Crippen LogP contribution in [0.2, 0.25) is 0 Å². The molecular weight excluding hydrogens is 323 g/mol. The van der Waals surface area contributed by atoms with Gasteiger partial charge in [-0.15, -0.1) is 10.2 Å². The van der Waals surface area contributed by atoms with E-state index in [9.17, 15) is 9.18 Å². The van der Waals surface area contributed by atoms with Crippen LogP contribution in [0.4, 0.5) is 10.1 Å². The first kappa shape index (κ1) is 16.6. The number of anilines is 1. The molecule has 25 heavy (non-hydrogen) atoms. The predicted molar refractivity (Wildman–Crippen MR) is 91.3 cm³/mol. The lowest BCUT2D eigenvalue weighted by Gasteiger charge is -2.07. The summed E-state index contributed by atoms with van der Waals surface area (Å²) in [6.07, 6.45) is 0.436. The van der Waals surface area contributed by atoms with Crippen LogP contribution in [0.25, 0.3) is 11.5 Å². The van der Waals surface area contributed by atoms with Crippen molar-refractivity contribution >= 4 is 11.6 Å². The normalized spacial score (nSPS) is 10.4. The molecule has 0 atom stereocenters. The zero-order valence-electron chi connectivity index (χ0n) is 13.4. The second kappa shape index (κ2) is 8.05. The number of hydrogen-bond donors (Lipinski definition) is 2. The Kier molecular flexibility index (Phi) is 5.36. The standard InChI is InChI=1S/C18H17FN4O2/c19-14-7-4-8-15(11-14)21-12-16(24)20-10-9-17-22-23-18(25-17)13-5-2-1-3-6-13/h1-8,11,21H,9-10,12H2,(H,20,24). The minimum Gasteiger partial charge on any atom is -0.421 e. The molecule has 3 aromatic rings. The number of carbonyl (C=O) groups is 1. The highest BCUT2D eigenvalue weighted by molar-refractivity contribution is 5.80. The van der Waals surface area contributed by atoms with E-state index < -0.39 is 0 Å². The summed E-state index contributed by atoms with van der Waals surface area (Å²) in [5, 5.41) is 13.6. The molecule has 0 radical (unpaired) electrons. The molecule has 0 aliphatic heterocycles. The average Bonchev–Trinajstić information content (AvgIpc) is 3.10. The third-order valence-electron chi connectivity index (χ3n) is 3.43. The first-order chi connectivity index (χ1) is 12.2. The summed E-state index contributed by atoms with van der Waals surface area (Å²) in [7, 11) is 0. The van der Waals surface area contributed by atoms with Crippen LogP contribution in [0.1, 0.15) is 5.89 Å². The summed E-state index contributed by atoms with van der Waals surface area (Å²) in [6.45, 7) is 0.433. The number of aromatic nitrogens is 2. The maximum Gasteiger partial charge on any atom is 0.247 e. The SMILES string of the molecule is O=C(CNc1cccc(F)c1)NCCc1nnc(-c2ccccc2)o1. The second-order valence-electron chi connectivity index (χ2n) is 5.33. The first-order valence-electron chi connectivity index (χ1n) is 7.84. The van der Waals surface area contributed by atoms with E-state index in [0.717, 1.165) is 5.56 Å². The van der Waals surface area contributed by atoms with Crippen LogP contribution in [0.3, 0.4) is 0 Å². The van der Waals surface area contributed by atoms with Crippen molar-refractivity contribution in [2.45, 2.75) is 6.42 Å². The van der Waals surface area contributed by atoms with Crippen LogP contribution in [0.15, 0.2) is 59.0 Å². The maximum atomic E-state index is 13.0. The van der Waals surface area contributed by atoms with Gasteiger partial charge in [0.15, 0.2) is 0 Å². The Balaban J connectivity index is 1.42. The molecule has 0 saturated carbocycles. The summed E-state index contributed by atoms with van der Waals surface area (Å²) in [5.41, 5.74) is 1.41. The molecule has 1 aromatic heterocycles. The molecule has 0 saturated heterocycles. The number of rotatable bonds is 7. The molecule has 0 aliphatic carbocycles. The Morgan fingerprint density at radius 1 is 1.08 bits per heavy atom. The number of halogens is 1. The lowest BCUT2D eigenvalue weighted by molar-refractivity contribution is -0.119. The minimum absolute atomic E-state index is 0.0581. The number of amides is 1. The van der Waals surface area contributed by atoms with E-state index in [-0.39, 0.29) is 18.3 Å². The molecule has 2 aromatic carbocycles. The zero-order valence-corrected chi connectivity index (χ0v) is 13.4. The average molecular weight is 340 g/mol. The molecule has 3 rings (SSSR count). The molecule has 2 N–H and O–H groups in total. The first-order valence-corrected chi connectivity index (χ1v) is 7.84. The molecule has 128 valence electrons. The summed E-state index contributed by atoms with van der Waals surface area (Å²) < 4.78 is 18.6. The largest absolute Gasteiger partial charge is 0.421 e. The topological polar surface area (TPSA) is 80.0 Å². The van der Waals surface area contributed by atoms with Crippen molar-refractivity contribution < 1.29 is 13.6 Å². The number of benzene rings is 2. The van der Waals surface area contributed by atoms with Gasteiger partial charge in [0.05, 0.1) is 6.54 Å². The van der Waals surface area contributed by atoms with E-state index in [2.05, 4.69) is 20.8 Å². The van der Waals surface area contributed by atoms with Gasteiger partial charge in [-0.2, -0.15) is 0 Å². The highest BCUT2D eigenvalue weighted by atomic mass is 19.1. The molecule has 0 bridgehead atoms. The highest BCUT2D eigenvalue weighted by Gasteiger charge is 2.08. The van der Waals surface area contributed by atoms with E-state index in [1.54, 1.807) is 12.1 Å². The van der Waals surface area contributed by atoms with Gasteiger partial charge in [0.1, 0.15) is 5.82 Å². The Morgan fingerprint density at radius 2 is 1.92 bits per heavy atom. The van der Waals surface area contributed by atoms with Crippen molar-refractivity contribution in [1.29, 1.82) is 0 Å². The second-order valence-corrected chi connectivity index (χ2v) is 5.33. The third-order valence-corrected chi connectivity index (χ3v) is 3.43. The monoisotopic (exact) mass is 340 g/mol. The van der Waals surface area contributed by atoms with E-state index in [1.807, 2.05) is 30.3 Å². The van der Waals surface area contributed by atoms with Gasteiger partial charge < -0.3 is 15.1 Å². The van der Waals surface area contributed by atoms with Crippen molar-refractivity contribution in [2.24, 2.45) is 0 Å². The summed E-state index contributed by atoms with van der Waals surface area (Å²) in [6, 6.07) is 15.4. The van der Waals surface area contributed by atoms with Crippen LogP contribution >= 0.6 is 0 Å². The lowest BCUT2D eigenvalue weighted by atomic mass is 10.2. The third kappa shape index (κ3) is 4.87. The Labute approximate surface area is 144 Å². The van der Waals surface area contributed by atoms with E-state index in [0.29, 0.717) is 30.4 Å². The fourth-order valence-electron chi connectivity index (χ4n) is 2.20. The maximum absolute atomic E-state index is 13.0.